The first-order valence-electron chi connectivity index (χ1n) is 7.57. The highest BCUT2D eigenvalue weighted by molar-refractivity contribution is 4.49. The maximum atomic E-state index is 11.9. The average Bonchev–Trinajstić information content (AvgIpc) is 2.57. The second kappa shape index (κ2) is 17.9. The Morgan fingerprint density at radius 2 is 0.783 bits per heavy atom. The van der Waals surface area contributed by atoms with Gasteiger partial charge in [-0.15, -0.1) is 0 Å². The lowest BCUT2D eigenvalue weighted by Crippen LogP contribution is -2.20. The zero-order valence-electron chi connectivity index (χ0n) is 13.3. The fraction of sp³-hybridized carbons (Fsp3) is 1.00. The summed E-state index contributed by atoms with van der Waals surface area (Å²) < 4.78 is 49.4. The highest BCUT2D eigenvalue weighted by Gasteiger charge is 2.02. The molecule has 2 atom stereocenters. The highest BCUT2D eigenvalue weighted by atomic mass is 19.1. The van der Waals surface area contributed by atoms with Gasteiger partial charge >= 0.3 is 0 Å². The minimum Gasteiger partial charge on any atom is -0.388 e. The fourth-order valence-electron chi connectivity index (χ4n) is 1.31. The molecule has 140 valence electrons. The number of hydrogen-bond acceptors (Lipinski definition) is 7. The summed E-state index contributed by atoms with van der Waals surface area (Å²) in [5, 5.41) is 17.8. The van der Waals surface area contributed by atoms with Gasteiger partial charge in [0.2, 0.25) is 0 Å². The van der Waals surface area contributed by atoms with Crippen LogP contribution in [0.5, 0.6) is 0 Å². The lowest BCUT2D eigenvalue weighted by molar-refractivity contribution is -0.0291. The molecule has 0 amide bonds. The second-order valence-electron chi connectivity index (χ2n) is 4.60. The van der Waals surface area contributed by atoms with Gasteiger partial charge in [-0.05, 0) is 0 Å². The molecule has 0 saturated heterocycles. The van der Waals surface area contributed by atoms with Crippen LogP contribution < -0.4 is 0 Å². The molecule has 0 aromatic heterocycles. The monoisotopic (exact) mass is 346 g/mol. The Kier molecular flexibility index (Phi) is 17.6. The molecule has 0 radical (unpaired) electrons. The van der Waals surface area contributed by atoms with Crippen molar-refractivity contribution in [1.82, 2.24) is 0 Å². The van der Waals surface area contributed by atoms with E-state index in [9.17, 15) is 8.78 Å². The van der Waals surface area contributed by atoms with Gasteiger partial charge in [-0.1, -0.05) is 0 Å². The Morgan fingerprint density at radius 3 is 1.04 bits per heavy atom. The molecule has 0 saturated carbocycles. The van der Waals surface area contributed by atoms with Crippen LogP contribution in [-0.2, 0) is 23.7 Å². The second-order valence-corrected chi connectivity index (χ2v) is 4.60. The van der Waals surface area contributed by atoms with Crippen molar-refractivity contribution in [3.05, 3.63) is 0 Å². The SMILES string of the molecule is OC(CF)COCCOCCOCCOCCOCC(O)CF. The summed E-state index contributed by atoms with van der Waals surface area (Å²) >= 11 is 0. The standard InChI is InChI=1S/C14H28F2O7/c15-9-13(17)11-22-7-5-20-3-1-19-2-4-21-6-8-23-12-14(18)10-16/h13-14,17-18H,1-12H2. The smallest absolute Gasteiger partial charge is 0.118 e. The van der Waals surface area contributed by atoms with E-state index in [2.05, 4.69) is 0 Å². The third kappa shape index (κ3) is 17.8. The predicted molar refractivity (Wildman–Crippen MR) is 78.1 cm³/mol. The number of aliphatic hydroxyl groups excluding tert-OH is 2. The van der Waals surface area contributed by atoms with Gasteiger partial charge in [0.15, 0.2) is 0 Å². The zero-order chi connectivity index (χ0) is 17.2. The van der Waals surface area contributed by atoms with Crippen LogP contribution in [-0.4, -0.2) is 102 Å². The summed E-state index contributed by atoms with van der Waals surface area (Å²) in [5.74, 6) is 0. The summed E-state index contributed by atoms with van der Waals surface area (Å²) in [5.41, 5.74) is 0. The number of halogens is 2. The van der Waals surface area contributed by atoms with Crippen LogP contribution in [0.15, 0.2) is 0 Å². The first-order valence-corrected chi connectivity index (χ1v) is 7.57. The number of ether oxygens (including phenoxy) is 5. The molecule has 0 aromatic carbocycles. The van der Waals surface area contributed by atoms with E-state index >= 15 is 0 Å². The van der Waals surface area contributed by atoms with Crippen molar-refractivity contribution in [2.24, 2.45) is 0 Å². The van der Waals surface area contributed by atoms with Crippen LogP contribution in [0.1, 0.15) is 0 Å². The van der Waals surface area contributed by atoms with Crippen molar-refractivity contribution in [2.75, 3.05) is 79.4 Å². The Hall–Kier alpha value is -0.420. The van der Waals surface area contributed by atoms with E-state index in [1.54, 1.807) is 0 Å². The summed E-state index contributed by atoms with van der Waals surface area (Å²) in [4.78, 5) is 0. The highest BCUT2D eigenvalue weighted by Crippen LogP contribution is 1.88. The summed E-state index contributed by atoms with van der Waals surface area (Å²) in [6.07, 6.45) is -2.14. The Balaban J connectivity index is 3.03. The van der Waals surface area contributed by atoms with Gasteiger partial charge in [0, 0.05) is 0 Å². The molecule has 7 nitrogen and oxygen atoms in total. The van der Waals surface area contributed by atoms with Gasteiger partial charge in [0.05, 0.1) is 66.1 Å². The molecule has 0 spiro atoms. The van der Waals surface area contributed by atoms with E-state index in [0.29, 0.717) is 39.6 Å². The molecule has 0 rings (SSSR count). The number of aliphatic hydroxyl groups is 2. The summed E-state index contributed by atoms with van der Waals surface area (Å²) in [6, 6.07) is 0. The van der Waals surface area contributed by atoms with E-state index in [1.807, 2.05) is 0 Å². The van der Waals surface area contributed by atoms with Crippen LogP contribution in [0.3, 0.4) is 0 Å². The molecule has 0 heterocycles. The minimum atomic E-state index is -1.07. The number of alkyl halides is 2. The third-order valence-electron chi connectivity index (χ3n) is 2.46. The lowest BCUT2D eigenvalue weighted by Gasteiger charge is -2.09. The van der Waals surface area contributed by atoms with Crippen molar-refractivity contribution < 1.29 is 42.7 Å². The van der Waals surface area contributed by atoms with Gasteiger partial charge in [0.1, 0.15) is 25.6 Å². The van der Waals surface area contributed by atoms with Crippen molar-refractivity contribution in [3.8, 4) is 0 Å². The summed E-state index contributed by atoms with van der Waals surface area (Å²) in [6.45, 7) is 1.19. The van der Waals surface area contributed by atoms with Crippen LogP contribution in [0.25, 0.3) is 0 Å². The van der Waals surface area contributed by atoms with E-state index in [0.717, 1.165) is 0 Å². The number of rotatable bonds is 18. The molecule has 0 bridgehead atoms. The molecule has 0 fully saturated rings. The topological polar surface area (TPSA) is 86.6 Å². The van der Waals surface area contributed by atoms with E-state index in [4.69, 9.17) is 33.9 Å². The predicted octanol–water partition coefficient (Wildman–Crippen LogP) is -0.270. The molecule has 0 aliphatic rings. The van der Waals surface area contributed by atoms with Crippen LogP contribution in [0.4, 0.5) is 8.78 Å². The Labute approximate surface area is 135 Å². The van der Waals surface area contributed by atoms with Crippen molar-refractivity contribution in [3.63, 3.8) is 0 Å². The normalized spacial score (nSPS) is 14.1. The van der Waals surface area contributed by atoms with Crippen LogP contribution >= 0.6 is 0 Å². The molecule has 0 aliphatic carbocycles. The first kappa shape index (κ1) is 22.6. The molecule has 2 unspecified atom stereocenters. The Morgan fingerprint density at radius 1 is 0.522 bits per heavy atom. The average molecular weight is 346 g/mol. The lowest BCUT2D eigenvalue weighted by atomic mass is 10.4. The molecule has 23 heavy (non-hydrogen) atoms. The largest absolute Gasteiger partial charge is 0.388 e. The van der Waals surface area contributed by atoms with Gasteiger partial charge in [-0.3, -0.25) is 0 Å². The molecule has 2 N–H and O–H groups in total. The number of hydrogen-bond donors (Lipinski definition) is 2. The summed E-state index contributed by atoms with van der Waals surface area (Å²) in [7, 11) is 0. The maximum absolute atomic E-state index is 11.9. The molecule has 0 aromatic rings. The van der Waals surface area contributed by atoms with E-state index in [-0.39, 0.29) is 26.4 Å². The molecule has 0 aliphatic heterocycles. The van der Waals surface area contributed by atoms with Gasteiger partial charge in [0.25, 0.3) is 0 Å². The van der Waals surface area contributed by atoms with E-state index < -0.39 is 25.6 Å². The third-order valence-corrected chi connectivity index (χ3v) is 2.46. The maximum Gasteiger partial charge on any atom is 0.118 e. The van der Waals surface area contributed by atoms with Crippen LogP contribution in [0.2, 0.25) is 0 Å². The Bertz CT molecular complexity index is 215. The quantitative estimate of drug-likeness (QED) is 0.330. The minimum absolute atomic E-state index is 0.0375. The molecule has 9 heteroatoms. The zero-order valence-corrected chi connectivity index (χ0v) is 13.3. The first-order chi connectivity index (χ1) is 11.2. The van der Waals surface area contributed by atoms with Gasteiger partial charge in [-0.25, -0.2) is 8.78 Å². The fourth-order valence-corrected chi connectivity index (χ4v) is 1.31. The van der Waals surface area contributed by atoms with Crippen molar-refractivity contribution >= 4 is 0 Å². The van der Waals surface area contributed by atoms with Gasteiger partial charge < -0.3 is 33.9 Å². The van der Waals surface area contributed by atoms with Crippen molar-refractivity contribution in [1.29, 1.82) is 0 Å². The van der Waals surface area contributed by atoms with Crippen LogP contribution in [0, 0.1) is 0 Å². The molecular formula is C14H28F2O7. The van der Waals surface area contributed by atoms with Gasteiger partial charge in [-0.2, -0.15) is 0 Å². The molecular weight excluding hydrogens is 318 g/mol. The van der Waals surface area contributed by atoms with Crippen molar-refractivity contribution in [2.45, 2.75) is 12.2 Å². The van der Waals surface area contributed by atoms with E-state index in [1.165, 1.54) is 0 Å².